The average Bonchev–Trinajstić information content (AvgIpc) is 2.58. The van der Waals surface area contributed by atoms with Crippen molar-refractivity contribution < 1.29 is 18.8 Å². The molecule has 0 N–H and O–H groups in total. The van der Waals surface area contributed by atoms with E-state index in [9.17, 15) is 0 Å². The van der Waals surface area contributed by atoms with Crippen molar-refractivity contribution in [1.29, 1.82) is 0 Å². The summed E-state index contributed by atoms with van der Waals surface area (Å²) in [6, 6.07) is 3.79. The van der Waals surface area contributed by atoms with Crippen LogP contribution in [-0.2, 0) is 9.31 Å². The molecule has 0 aliphatic carbocycles. The Morgan fingerprint density at radius 3 is 2.00 bits per heavy atom. The second-order valence-corrected chi connectivity index (χ2v) is 6.90. The lowest BCUT2D eigenvalue weighted by Gasteiger charge is -2.32. The lowest BCUT2D eigenvalue weighted by molar-refractivity contribution is 0.00578. The van der Waals surface area contributed by atoms with Gasteiger partial charge in [-0.25, -0.2) is 0 Å². The van der Waals surface area contributed by atoms with Crippen LogP contribution >= 0.6 is 22.6 Å². The van der Waals surface area contributed by atoms with Crippen LogP contribution in [0, 0.1) is 3.57 Å². The molecule has 6 heteroatoms. The van der Waals surface area contributed by atoms with E-state index in [-0.39, 0.29) is 11.2 Å². The number of methoxy groups -OCH3 is 2. The Morgan fingerprint density at radius 2 is 1.55 bits per heavy atom. The Bertz CT molecular complexity index is 500. The van der Waals surface area contributed by atoms with E-state index in [1.54, 1.807) is 14.2 Å². The molecule has 0 bridgehead atoms. The molecular weight excluding hydrogens is 370 g/mol. The third-order valence-corrected chi connectivity index (χ3v) is 5.16. The summed E-state index contributed by atoms with van der Waals surface area (Å²) in [5.74, 6) is 1.49. The predicted octanol–water partition coefficient (Wildman–Crippen LogP) is 2.61. The summed E-state index contributed by atoms with van der Waals surface area (Å²) in [6.07, 6.45) is 0. The predicted molar refractivity (Wildman–Crippen MR) is 88.0 cm³/mol. The number of benzene rings is 1. The van der Waals surface area contributed by atoms with Crippen LogP contribution in [0.15, 0.2) is 12.1 Å². The topological polar surface area (TPSA) is 36.9 Å². The van der Waals surface area contributed by atoms with E-state index < -0.39 is 7.12 Å². The lowest BCUT2D eigenvalue weighted by atomic mass is 9.79. The maximum absolute atomic E-state index is 6.09. The maximum Gasteiger partial charge on any atom is 0.496 e. The second kappa shape index (κ2) is 5.38. The SMILES string of the molecule is COc1cc(OC)c(I)c(B2OC(C)(C)C(C)(C)O2)c1. The average molecular weight is 390 g/mol. The monoisotopic (exact) mass is 390 g/mol. The minimum absolute atomic E-state index is 0.364. The molecule has 0 atom stereocenters. The summed E-state index contributed by atoms with van der Waals surface area (Å²) in [5, 5.41) is 0. The first-order chi connectivity index (χ1) is 9.21. The van der Waals surface area contributed by atoms with Gasteiger partial charge < -0.3 is 18.8 Å². The third kappa shape index (κ3) is 2.65. The largest absolute Gasteiger partial charge is 0.497 e. The molecule has 0 aromatic heterocycles. The molecule has 20 heavy (non-hydrogen) atoms. The molecule has 0 spiro atoms. The van der Waals surface area contributed by atoms with Crippen molar-refractivity contribution in [2.75, 3.05) is 14.2 Å². The molecule has 1 saturated heterocycles. The number of hydrogen-bond acceptors (Lipinski definition) is 4. The molecular formula is C14H20BIO4. The van der Waals surface area contributed by atoms with Crippen molar-refractivity contribution in [3.05, 3.63) is 15.7 Å². The molecule has 1 aliphatic rings. The summed E-state index contributed by atoms with van der Waals surface area (Å²) in [6.45, 7) is 8.16. The van der Waals surface area contributed by atoms with Gasteiger partial charge in [-0.05, 0) is 56.4 Å². The van der Waals surface area contributed by atoms with Crippen LogP contribution in [0.25, 0.3) is 0 Å². The van der Waals surface area contributed by atoms with Gasteiger partial charge in [-0.1, -0.05) is 0 Å². The number of hydrogen-bond donors (Lipinski definition) is 0. The second-order valence-electron chi connectivity index (χ2n) is 5.82. The molecule has 1 aromatic carbocycles. The number of halogens is 1. The third-order valence-electron chi connectivity index (χ3n) is 4.00. The van der Waals surface area contributed by atoms with E-state index in [2.05, 4.69) is 22.6 Å². The standard InChI is InChI=1S/C14H20BIO4/c1-13(2)14(3,4)20-15(19-13)10-7-9(17-5)8-11(18-6)12(10)16/h7-8H,1-6H3. The van der Waals surface area contributed by atoms with E-state index in [4.69, 9.17) is 18.8 Å². The van der Waals surface area contributed by atoms with Crippen molar-refractivity contribution in [3.8, 4) is 11.5 Å². The highest BCUT2D eigenvalue weighted by Crippen LogP contribution is 2.37. The van der Waals surface area contributed by atoms with Gasteiger partial charge in [0, 0.05) is 11.5 Å². The Balaban J connectivity index is 2.44. The highest BCUT2D eigenvalue weighted by Gasteiger charge is 2.52. The maximum atomic E-state index is 6.09. The fourth-order valence-corrected chi connectivity index (χ4v) is 2.79. The molecule has 1 heterocycles. The van der Waals surface area contributed by atoms with Crippen LogP contribution in [0.5, 0.6) is 11.5 Å². The first kappa shape index (κ1) is 15.9. The lowest BCUT2D eigenvalue weighted by Crippen LogP contribution is -2.41. The Labute approximate surface area is 134 Å². The van der Waals surface area contributed by atoms with E-state index in [0.29, 0.717) is 0 Å². The highest BCUT2D eigenvalue weighted by atomic mass is 127. The first-order valence-electron chi connectivity index (χ1n) is 6.49. The Morgan fingerprint density at radius 1 is 1.00 bits per heavy atom. The molecule has 0 saturated carbocycles. The quantitative estimate of drug-likeness (QED) is 0.588. The van der Waals surface area contributed by atoms with Crippen LogP contribution in [0.1, 0.15) is 27.7 Å². The summed E-state index contributed by atoms with van der Waals surface area (Å²) >= 11 is 2.25. The van der Waals surface area contributed by atoms with Crippen LogP contribution in [0.3, 0.4) is 0 Å². The van der Waals surface area contributed by atoms with Crippen molar-refractivity contribution in [3.63, 3.8) is 0 Å². The minimum atomic E-state index is -0.420. The molecule has 1 aromatic rings. The van der Waals surface area contributed by atoms with Crippen molar-refractivity contribution in [1.82, 2.24) is 0 Å². The summed E-state index contributed by atoms with van der Waals surface area (Å²) in [7, 11) is 2.86. The summed E-state index contributed by atoms with van der Waals surface area (Å²) in [4.78, 5) is 0. The molecule has 4 nitrogen and oxygen atoms in total. The van der Waals surface area contributed by atoms with Gasteiger partial charge in [-0.2, -0.15) is 0 Å². The van der Waals surface area contributed by atoms with Gasteiger partial charge in [-0.15, -0.1) is 0 Å². The van der Waals surface area contributed by atoms with Crippen molar-refractivity contribution in [2.24, 2.45) is 0 Å². The first-order valence-corrected chi connectivity index (χ1v) is 7.57. The van der Waals surface area contributed by atoms with E-state index in [0.717, 1.165) is 20.5 Å². The highest BCUT2D eigenvalue weighted by molar-refractivity contribution is 14.1. The van der Waals surface area contributed by atoms with Crippen LogP contribution in [0.2, 0.25) is 0 Å². The van der Waals surface area contributed by atoms with Gasteiger partial charge in [0.25, 0.3) is 0 Å². The molecule has 1 aliphatic heterocycles. The number of ether oxygens (including phenoxy) is 2. The van der Waals surface area contributed by atoms with Gasteiger partial charge in [-0.3, -0.25) is 0 Å². The number of rotatable bonds is 3. The smallest absolute Gasteiger partial charge is 0.496 e. The van der Waals surface area contributed by atoms with E-state index >= 15 is 0 Å². The van der Waals surface area contributed by atoms with E-state index in [1.807, 2.05) is 39.8 Å². The fourth-order valence-electron chi connectivity index (χ4n) is 2.00. The zero-order chi connectivity index (χ0) is 15.1. The molecule has 110 valence electrons. The summed E-state index contributed by atoms with van der Waals surface area (Å²) < 4.78 is 23.9. The van der Waals surface area contributed by atoms with Gasteiger partial charge in [0.1, 0.15) is 11.5 Å². The van der Waals surface area contributed by atoms with Crippen molar-refractivity contribution in [2.45, 2.75) is 38.9 Å². The van der Waals surface area contributed by atoms with Gasteiger partial charge >= 0.3 is 7.12 Å². The minimum Gasteiger partial charge on any atom is -0.497 e. The fraction of sp³-hybridized carbons (Fsp3) is 0.571. The summed E-state index contributed by atoms with van der Waals surface area (Å²) in [5.41, 5.74) is 0.203. The zero-order valence-electron chi connectivity index (χ0n) is 12.7. The van der Waals surface area contributed by atoms with Crippen LogP contribution in [-0.4, -0.2) is 32.5 Å². The molecule has 1 fully saturated rings. The molecule has 0 radical (unpaired) electrons. The van der Waals surface area contributed by atoms with Crippen LogP contribution < -0.4 is 14.9 Å². The van der Waals surface area contributed by atoms with E-state index in [1.165, 1.54) is 0 Å². The van der Waals surface area contributed by atoms with Gasteiger partial charge in [0.2, 0.25) is 0 Å². The van der Waals surface area contributed by atoms with Crippen molar-refractivity contribution >= 4 is 35.2 Å². The normalized spacial score (nSPS) is 20.1. The van der Waals surface area contributed by atoms with Crippen LogP contribution in [0.4, 0.5) is 0 Å². The van der Waals surface area contributed by atoms with Gasteiger partial charge in [0.15, 0.2) is 0 Å². The molecule has 0 amide bonds. The Hall–Kier alpha value is -0.465. The Kier molecular flexibility index (Phi) is 4.28. The molecule has 2 rings (SSSR count). The van der Waals surface area contributed by atoms with Gasteiger partial charge in [0.05, 0.1) is 29.0 Å². The zero-order valence-corrected chi connectivity index (χ0v) is 14.9. The molecule has 0 unspecified atom stereocenters.